The first-order chi connectivity index (χ1) is 13.1. The Hall–Kier alpha value is -2.13. The van der Waals surface area contributed by atoms with E-state index in [-0.39, 0.29) is 22.9 Å². The molecule has 0 atom stereocenters. The molecule has 3 heterocycles. The van der Waals surface area contributed by atoms with Crippen LogP contribution >= 0.6 is 0 Å². The third kappa shape index (κ3) is 3.26. The van der Waals surface area contributed by atoms with Crippen LogP contribution in [0.15, 0.2) is 18.5 Å². The number of rotatable bonds is 4. The van der Waals surface area contributed by atoms with E-state index < -0.39 is 24.7 Å². The molecule has 28 heavy (non-hydrogen) atoms. The van der Waals surface area contributed by atoms with Crippen LogP contribution in [0, 0.1) is 5.92 Å². The average Bonchev–Trinajstić information content (AvgIpc) is 3.41. The van der Waals surface area contributed by atoms with E-state index in [1.54, 1.807) is 6.07 Å². The van der Waals surface area contributed by atoms with E-state index in [9.17, 15) is 13.6 Å². The van der Waals surface area contributed by atoms with Crippen molar-refractivity contribution < 1.29 is 22.9 Å². The average molecular weight is 389 g/mol. The quantitative estimate of drug-likeness (QED) is 0.813. The summed E-state index contributed by atoms with van der Waals surface area (Å²) in [5.74, 6) is 0.217. The normalized spacial score (nSPS) is 20.8. The van der Waals surface area contributed by atoms with E-state index in [1.165, 1.54) is 12.4 Å². The monoisotopic (exact) mass is 389 g/mol. The lowest BCUT2D eigenvalue weighted by Gasteiger charge is -2.32. The van der Waals surface area contributed by atoms with Gasteiger partial charge in [0.1, 0.15) is 11.5 Å². The van der Waals surface area contributed by atoms with Crippen molar-refractivity contribution in [3.63, 3.8) is 0 Å². The van der Waals surface area contributed by atoms with E-state index in [4.69, 9.17) is 9.31 Å². The van der Waals surface area contributed by atoms with Gasteiger partial charge in [-0.2, -0.15) is 0 Å². The van der Waals surface area contributed by atoms with E-state index in [0.29, 0.717) is 16.7 Å². The van der Waals surface area contributed by atoms with Gasteiger partial charge in [-0.3, -0.25) is 9.78 Å². The molecule has 0 bridgehead atoms. The molecule has 0 spiro atoms. The predicted octanol–water partition coefficient (Wildman–Crippen LogP) is 3.22. The Kier molecular flexibility index (Phi) is 4.43. The molecule has 1 saturated heterocycles. The standard InChI is InChI=1S/C19H22BF2N3O3/c1-18(2)19(3,4)28-20(27-18)13-9-24-15(16(21)22)12-8-23-14(7-11(12)13)25-17(26)10-5-6-10/h7-10,16H,5-6H2,1-4H3,(H,23,25,26). The van der Waals surface area contributed by atoms with Gasteiger partial charge in [0.15, 0.2) is 0 Å². The summed E-state index contributed by atoms with van der Waals surface area (Å²) in [6, 6.07) is 1.59. The number of carbonyl (C=O) groups is 1. The maximum Gasteiger partial charge on any atom is 0.497 e. The van der Waals surface area contributed by atoms with E-state index in [2.05, 4.69) is 15.3 Å². The van der Waals surface area contributed by atoms with Crippen molar-refractivity contribution in [2.24, 2.45) is 5.92 Å². The van der Waals surface area contributed by atoms with Crippen molar-refractivity contribution >= 4 is 35.1 Å². The molecule has 6 nitrogen and oxygen atoms in total. The van der Waals surface area contributed by atoms with Crippen molar-refractivity contribution in [1.82, 2.24) is 9.97 Å². The molecule has 2 fully saturated rings. The van der Waals surface area contributed by atoms with Crippen molar-refractivity contribution in [2.45, 2.75) is 58.2 Å². The molecule has 1 aliphatic heterocycles. The molecule has 1 amide bonds. The molecule has 4 rings (SSSR count). The molecule has 9 heteroatoms. The van der Waals surface area contributed by atoms with Gasteiger partial charge in [-0.05, 0) is 52.0 Å². The number of nitrogens with zero attached hydrogens (tertiary/aromatic N) is 2. The zero-order chi connectivity index (χ0) is 20.3. The van der Waals surface area contributed by atoms with E-state index in [1.807, 2.05) is 27.7 Å². The van der Waals surface area contributed by atoms with Gasteiger partial charge < -0.3 is 14.6 Å². The number of amides is 1. The van der Waals surface area contributed by atoms with E-state index in [0.717, 1.165) is 12.8 Å². The van der Waals surface area contributed by atoms with Gasteiger partial charge in [0.2, 0.25) is 5.91 Å². The van der Waals surface area contributed by atoms with Crippen LogP contribution in [0.25, 0.3) is 10.8 Å². The second kappa shape index (κ2) is 6.45. The number of carbonyl (C=O) groups excluding carboxylic acids is 1. The Labute approximate surface area is 162 Å². The highest BCUT2D eigenvalue weighted by atomic mass is 19.3. The summed E-state index contributed by atoms with van der Waals surface area (Å²) >= 11 is 0. The first kappa shape index (κ1) is 19.2. The number of halogens is 2. The summed E-state index contributed by atoms with van der Waals surface area (Å²) < 4.78 is 39.0. The fraction of sp³-hybridized carbons (Fsp3) is 0.526. The molecule has 0 aromatic carbocycles. The van der Waals surface area contributed by atoms with Gasteiger partial charge in [0.25, 0.3) is 6.43 Å². The molecule has 1 saturated carbocycles. The SMILES string of the molecule is CC1(C)OB(c2cnc(C(F)F)c3cnc(NC(=O)C4CC4)cc23)OC1(C)C. The molecule has 2 aromatic heterocycles. The molecular formula is C19H22BF2N3O3. The second-order valence-electron chi connectivity index (χ2n) is 8.37. The first-order valence-corrected chi connectivity index (χ1v) is 9.32. The number of aromatic nitrogens is 2. The molecule has 2 aromatic rings. The summed E-state index contributed by atoms with van der Waals surface area (Å²) in [6.07, 6.45) is 1.65. The fourth-order valence-electron chi connectivity index (χ4n) is 3.15. The van der Waals surface area contributed by atoms with Gasteiger partial charge in [-0.1, -0.05) is 0 Å². The number of pyridine rings is 2. The molecule has 1 N–H and O–H groups in total. The highest BCUT2D eigenvalue weighted by molar-refractivity contribution is 6.65. The highest BCUT2D eigenvalue weighted by Crippen LogP contribution is 2.37. The van der Waals surface area contributed by atoms with Gasteiger partial charge in [-0.15, -0.1) is 0 Å². The fourth-order valence-corrected chi connectivity index (χ4v) is 3.15. The summed E-state index contributed by atoms with van der Waals surface area (Å²) in [5.41, 5.74) is -0.992. The highest BCUT2D eigenvalue weighted by Gasteiger charge is 2.52. The lowest BCUT2D eigenvalue weighted by atomic mass is 9.77. The van der Waals surface area contributed by atoms with Crippen LogP contribution in [0.3, 0.4) is 0 Å². The smallest absolute Gasteiger partial charge is 0.399 e. The van der Waals surface area contributed by atoms with Gasteiger partial charge >= 0.3 is 7.12 Å². The maximum absolute atomic E-state index is 13.5. The Morgan fingerprint density at radius 1 is 1.14 bits per heavy atom. The Morgan fingerprint density at radius 2 is 1.79 bits per heavy atom. The second-order valence-corrected chi connectivity index (χ2v) is 8.37. The molecule has 0 radical (unpaired) electrons. The number of anilines is 1. The predicted molar refractivity (Wildman–Crippen MR) is 102 cm³/mol. The zero-order valence-electron chi connectivity index (χ0n) is 16.3. The number of nitrogens with one attached hydrogen (secondary N) is 1. The lowest BCUT2D eigenvalue weighted by Crippen LogP contribution is -2.41. The summed E-state index contributed by atoms with van der Waals surface area (Å²) in [5, 5.41) is 3.45. The maximum atomic E-state index is 13.5. The topological polar surface area (TPSA) is 73.3 Å². The summed E-state index contributed by atoms with van der Waals surface area (Å²) in [4.78, 5) is 20.1. The van der Waals surface area contributed by atoms with Crippen LogP contribution in [0.2, 0.25) is 0 Å². The van der Waals surface area contributed by atoms with Crippen molar-refractivity contribution in [2.75, 3.05) is 5.32 Å². The molecule has 2 aliphatic rings. The van der Waals surface area contributed by atoms with Gasteiger partial charge in [0, 0.05) is 29.2 Å². The van der Waals surface area contributed by atoms with Crippen molar-refractivity contribution in [1.29, 1.82) is 0 Å². The molecule has 0 unspecified atom stereocenters. The third-order valence-electron chi connectivity index (χ3n) is 5.75. The molecule has 148 valence electrons. The molecular weight excluding hydrogens is 367 g/mol. The van der Waals surface area contributed by atoms with Crippen LogP contribution < -0.4 is 10.8 Å². The number of hydrogen-bond donors (Lipinski definition) is 1. The first-order valence-electron chi connectivity index (χ1n) is 9.32. The number of alkyl halides is 2. The van der Waals surface area contributed by atoms with Gasteiger partial charge in [-0.25, -0.2) is 13.8 Å². The largest absolute Gasteiger partial charge is 0.497 e. The molecule has 1 aliphatic carbocycles. The summed E-state index contributed by atoms with van der Waals surface area (Å²) in [6.45, 7) is 7.66. The number of fused-ring (bicyclic) bond motifs is 1. The zero-order valence-corrected chi connectivity index (χ0v) is 16.3. The van der Waals surface area contributed by atoms with Gasteiger partial charge in [0.05, 0.1) is 11.2 Å². The third-order valence-corrected chi connectivity index (χ3v) is 5.75. The minimum atomic E-state index is -2.75. The minimum Gasteiger partial charge on any atom is -0.399 e. The number of hydrogen-bond acceptors (Lipinski definition) is 5. The van der Waals surface area contributed by atoms with Crippen LogP contribution in [0.4, 0.5) is 14.6 Å². The summed E-state index contributed by atoms with van der Waals surface area (Å²) in [7, 11) is -0.763. The Bertz CT molecular complexity index is 931. The Morgan fingerprint density at radius 3 is 2.36 bits per heavy atom. The Balaban J connectivity index is 1.79. The van der Waals surface area contributed by atoms with Crippen molar-refractivity contribution in [3.8, 4) is 0 Å². The minimum absolute atomic E-state index is 0.00845. The van der Waals surface area contributed by atoms with Crippen LogP contribution in [0.1, 0.15) is 52.7 Å². The van der Waals surface area contributed by atoms with Crippen molar-refractivity contribution in [3.05, 3.63) is 24.2 Å². The lowest BCUT2D eigenvalue weighted by molar-refractivity contribution is -0.117. The van der Waals surface area contributed by atoms with Crippen LogP contribution in [-0.4, -0.2) is 34.2 Å². The van der Waals surface area contributed by atoms with Crippen LogP contribution in [-0.2, 0) is 14.1 Å². The van der Waals surface area contributed by atoms with E-state index >= 15 is 0 Å². The van der Waals surface area contributed by atoms with Crippen LogP contribution in [0.5, 0.6) is 0 Å².